The molecular weight excluding hydrogens is 274 g/mol. The van der Waals surface area contributed by atoms with Crippen molar-refractivity contribution in [2.75, 3.05) is 25.6 Å². The molecule has 0 radical (unpaired) electrons. The van der Waals surface area contributed by atoms with Gasteiger partial charge in [0, 0.05) is 32.5 Å². The summed E-state index contributed by atoms with van der Waals surface area (Å²) in [5.41, 5.74) is 0.283. The second-order valence-electron chi connectivity index (χ2n) is 4.32. The first kappa shape index (κ1) is 14.9. The first-order valence-corrected chi connectivity index (χ1v) is 6.49. The Morgan fingerprint density at radius 1 is 1.48 bits per heavy atom. The molecule has 2 rings (SSSR count). The number of nitrogens with zero attached hydrogens (tertiary/aromatic N) is 3. The van der Waals surface area contributed by atoms with E-state index in [-0.39, 0.29) is 17.5 Å². The first-order valence-electron chi connectivity index (χ1n) is 6.49. The molecule has 2 aromatic heterocycles. The number of anilines is 2. The summed E-state index contributed by atoms with van der Waals surface area (Å²) in [6, 6.07) is 3.26. The van der Waals surface area contributed by atoms with E-state index in [9.17, 15) is 4.79 Å². The molecular formula is C13H17N5O3. The van der Waals surface area contributed by atoms with Gasteiger partial charge in [-0.05, 0) is 19.4 Å². The molecule has 0 atom stereocenters. The van der Waals surface area contributed by atoms with Crippen LogP contribution in [0.5, 0.6) is 0 Å². The third-order valence-corrected chi connectivity index (χ3v) is 2.57. The van der Waals surface area contributed by atoms with Crippen molar-refractivity contribution in [1.29, 1.82) is 0 Å². The number of aryl methyl sites for hydroxylation is 1. The number of amides is 1. The van der Waals surface area contributed by atoms with Crippen LogP contribution < -0.4 is 10.6 Å². The zero-order valence-corrected chi connectivity index (χ0v) is 11.9. The molecule has 0 aliphatic carbocycles. The highest BCUT2D eigenvalue weighted by atomic mass is 16.5. The molecule has 8 nitrogen and oxygen atoms in total. The number of methoxy groups -OCH3 is 1. The lowest BCUT2D eigenvalue weighted by Crippen LogP contribution is -2.26. The van der Waals surface area contributed by atoms with Crippen LogP contribution >= 0.6 is 0 Å². The van der Waals surface area contributed by atoms with Gasteiger partial charge < -0.3 is 19.9 Å². The Labute approximate surface area is 121 Å². The molecule has 0 saturated heterocycles. The Morgan fingerprint density at radius 3 is 3.05 bits per heavy atom. The Bertz CT molecular complexity index is 599. The van der Waals surface area contributed by atoms with Crippen LogP contribution in [0.4, 0.5) is 11.8 Å². The Balaban J connectivity index is 1.95. The first-order chi connectivity index (χ1) is 10.2. The highest BCUT2D eigenvalue weighted by Crippen LogP contribution is 2.12. The number of rotatable bonds is 7. The molecule has 0 unspecified atom stereocenters. The van der Waals surface area contributed by atoms with E-state index in [2.05, 4.69) is 25.8 Å². The van der Waals surface area contributed by atoms with E-state index >= 15 is 0 Å². The lowest BCUT2D eigenvalue weighted by atomic mass is 10.3. The van der Waals surface area contributed by atoms with Gasteiger partial charge in [-0.3, -0.25) is 4.79 Å². The van der Waals surface area contributed by atoms with Crippen molar-refractivity contribution in [2.24, 2.45) is 0 Å². The van der Waals surface area contributed by atoms with Gasteiger partial charge in [0.05, 0.1) is 0 Å². The fraction of sp³-hybridized carbons (Fsp3) is 0.385. The minimum absolute atomic E-state index is 0.257. The molecule has 21 heavy (non-hydrogen) atoms. The zero-order chi connectivity index (χ0) is 15.1. The van der Waals surface area contributed by atoms with Crippen LogP contribution in [0.1, 0.15) is 22.7 Å². The summed E-state index contributed by atoms with van der Waals surface area (Å²) in [7, 11) is 1.62. The standard InChI is InChI=1S/C13H17N5O3/c1-9-8-11(18-21-9)17-13-15-6-4-10(16-13)12(19)14-5-3-7-20-2/h4,6,8H,3,5,7H2,1-2H3,(H,14,19)(H,15,16,17,18). The summed E-state index contributed by atoms with van der Waals surface area (Å²) in [5, 5.41) is 9.40. The van der Waals surface area contributed by atoms with Crippen LogP contribution in [0.2, 0.25) is 0 Å². The van der Waals surface area contributed by atoms with E-state index in [1.165, 1.54) is 6.20 Å². The van der Waals surface area contributed by atoms with E-state index in [1.54, 1.807) is 26.2 Å². The van der Waals surface area contributed by atoms with Gasteiger partial charge in [0.1, 0.15) is 11.5 Å². The molecule has 2 heterocycles. The Hall–Kier alpha value is -2.48. The van der Waals surface area contributed by atoms with E-state index in [1.807, 2.05) is 0 Å². The monoisotopic (exact) mass is 291 g/mol. The summed E-state index contributed by atoms with van der Waals surface area (Å²) in [6.07, 6.45) is 2.25. The van der Waals surface area contributed by atoms with E-state index < -0.39 is 0 Å². The largest absolute Gasteiger partial charge is 0.385 e. The number of aromatic nitrogens is 3. The molecule has 0 aliphatic rings. The fourth-order valence-electron chi connectivity index (χ4n) is 1.59. The van der Waals surface area contributed by atoms with Crippen LogP contribution in [0.15, 0.2) is 22.9 Å². The number of carbonyl (C=O) groups is 1. The topological polar surface area (TPSA) is 102 Å². The summed E-state index contributed by atoms with van der Waals surface area (Å²) in [5.74, 6) is 1.19. The molecule has 1 amide bonds. The molecule has 2 aromatic rings. The summed E-state index contributed by atoms with van der Waals surface area (Å²) >= 11 is 0. The number of nitrogens with one attached hydrogen (secondary N) is 2. The fourth-order valence-corrected chi connectivity index (χ4v) is 1.59. The average molecular weight is 291 g/mol. The second kappa shape index (κ2) is 7.34. The highest BCUT2D eigenvalue weighted by Gasteiger charge is 2.09. The molecule has 2 N–H and O–H groups in total. The van der Waals surface area contributed by atoms with Crippen molar-refractivity contribution < 1.29 is 14.1 Å². The van der Waals surface area contributed by atoms with E-state index in [0.29, 0.717) is 24.7 Å². The van der Waals surface area contributed by atoms with Gasteiger partial charge in [0.2, 0.25) is 5.95 Å². The zero-order valence-electron chi connectivity index (χ0n) is 11.9. The predicted molar refractivity (Wildman–Crippen MR) is 75.4 cm³/mol. The van der Waals surface area contributed by atoms with Crippen LogP contribution in [0.25, 0.3) is 0 Å². The van der Waals surface area contributed by atoms with Gasteiger partial charge in [-0.25, -0.2) is 9.97 Å². The SMILES string of the molecule is COCCCNC(=O)c1ccnc(Nc2cc(C)on2)n1. The lowest BCUT2D eigenvalue weighted by Gasteiger charge is -2.05. The van der Waals surface area contributed by atoms with Crippen molar-refractivity contribution in [1.82, 2.24) is 20.4 Å². The number of ether oxygens (including phenoxy) is 1. The lowest BCUT2D eigenvalue weighted by molar-refractivity contribution is 0.0943. The molecule has 112 valence electrons. The summed E-state index contributed by atoms with van der Waals surface area (Å²) in [6.45, 7) is 2.91. The summed E-state index contributed by atoms with van der Waals surface area (Å²) < 4.78 is 9.85. The maximum Gasteiger partial charge on any atom is 0.270 e. The normalized spacial score (nSPS) is 10.4. The van der Waals surface area contributed by atoms with Crippen molar-refractivity contribution in [3.8, 4) is 0 Å². The van der Waals surface area contributed by atoms with Gasteiger partial charge >= 0.3 is 0 Å². The average Bonchev–Trinajstić information content (AvgIpc) is 2.89. The predicted octanol–water partition coefficient (Wildman–Crippen LogP) is 1.28. The molecule has 0 fully saturated rings. The number of hydrogen-bond donors (Lipinski definition) is 2. The van der Waals surface area contributed by atoms with Gasteiger partial charge in [-0.1, -0.05) is 5.16 Å². The molecule has 0 aromatic carbocycles. The number of hydrogen-bond acceptors (Lipinski definition) is 7. The van der Waals surface area contributed by atoms with Crippen molar-refractivity contribution in [3.05, 3.63) is 29.8 Å². The smallest absolute Gasteiger partial charge is 0.270 e. The van der Waals surface area contributed by atoms with Crippen LogP contribution in [0.3, 0.4) is 0 Å². The van der Waals surface area contributed by atoms with Crippen LogP contribution in [0, 0.1) is 6.92 Å². The highest BCUT2D eigenvalue weighted by molar-refractivity contribution is 5.92. The minimum atomic E-state index is -0.257. The van der Waals surface area contributed by atoms with E-state index in [0.717, 1.165) is 6.42 Å². The Morgan fingerprint density at radius 2 is 2.33 bits per heavy atom. The third kappa shape index (κ3) is 4.53. The quantitative estimate of drug-likeness (QED) is 0.741. The minimum Gasteiger partial charge on any atom is -0.385 e. The maximum absolute atomic E-state index is 11.9. The molecule has 0 aliphatic heterocycles. The molecule has 0 saturated carbocycles. The van der Waals surface area contributed by atoms with E-state index in [4.69, 9.17) is 9.26 Å². The summed E-state index contributed by atoms with van der Waals surface area (Å²) in [4.78, 5) is 20.1. The van der Waals surface area contributed by atoms with Crippen molar-refractivity contribution in [2.45, 2.75) is 13.3 Å². The van der Waals surface area contributed by atoms with Crippen molar-refractivity contribution >= 4 is 17.7 Å². The van der Waals surface area contributed by atoms with Gasteiger partial charge in [0.15, 0.2) is 5.82 Å². The Kier molecular flexibility index (Phi) is 5.22. The third-order valence-electron chi connectivity index (χ3n) is 2.57. The van der Waals surface area contributed by atoms with Gasteiger partial charge in [-0.15, -0.1) is 0 Å². The van der Waals surface area contributed by atoms with Gasteiger partial charge in [0.25, 0.3) is 5.91 Å². The van der Waals surface area contributed by atoms with Crippen LogP contribution in [-0.4, -0.2) is 41.3 Å². The molecule has 0 spiro atoms. The van der Waals surface area contributed by atoms with Gasteiger partial charge in [-0.2, -0.15) is 0 Å². The second-order valence-corrected chi connectivity index (χ2v) is 4.32. The maximum atomic E-state index is 11.9. The number of carbonyl (C=O) groups excluding carboxylic acids is 1. The molecule has 0 bridgehead atoms. The molecule has 8 heteroatoms. The van der Waals surface area contributed by atoms with Crippen molar-refractivity contribution in [3.63, 3.8) is 0 Å². The van der Waals surface area contributed by atoms with Crippen LogP contribution in [-0.2, 0) is 4.74 Å².